The van der Waals surface area contributed by atoms with E-state index in [0.29, 0.717) is 34.4 Å². The number of nitrogens with two attached hydrogens (primary N) is 1. The van der Waals surface area contributed by atoms with Gasteiger partial charge in [0, 0.05) is 32.9 Å². The summed E-state index contributed by atoms with van der Waals surface area (Å²) in [5.74, 6) is 1.56. The summed E-state index contributed by atoms with van der Waals surface area (Å²) < 4.78 is 3.68. The minimum Gasteiger partial charge on any atom is -0.383 e. The van der Waals surface area contributed by atoms with Crippen molar-refractivity contribution in [2.45, 2.75) is 32.7 Å². The maximum absolute atomic E-state index is 9.82. The molecule has 0 spiro atoms. The van der Waals surface area contributed by atoms with E-state index < -0.39 is 0 Å². The second-order valence-corrected chi connectivity index (χ2v) is 7.11. The average molecular weight is 365 g/mol. The van der Waals surface area contributed by atoms with Gasteiger partial charge in [-0.05, 0) is 26.7 Å². The van der Waals surface area contributed by atoms with E-state index in [1.54, 1.807) is 4.68 Å². The first kappa shape index (κ1) is 17.1. The summed E-state index contributed by atoms with van der Waals surface area (Å²) >= 11 is 0. The molecular formula is C18H23N9. The molecule has 3 N–H and O–H groups in total. The van der Waals surface area contributed by atoms with E-state index in [1.807, 2.05) is 31.8 Å². The van der Waals surface area contributed by atoms with E-state index >= 15 is 0 Å². The Hall–Kier alpha value is -3.28. The van der Waals surface area contributed by atoms with E-state index in [1.165, 1.54) is 0 Å². The molecular weight excluding hydrogens is 342 g/mol. The van der Waals surface area contributed by atoms with Crippen LogP contribution in [0.4, 0.5) is 23.3 Å². The number of nitriles is 1. The van der Waals surface area contributed by atoms with Gasteiger partial charge in [-0.2, -0.15) is 20.3 Å². The summed E-state index contributed by atoms with van der Waals surface area (Å²) in [6.07, 6.45) is 4.09. The highest BCUT2D eigenvalue weighted by Gasteiger charge is 2.29. The average Bonchev–Trinajstić information content (AvgIpc) is 3.25. The molecule has 0 radical (unpaired) electrons. The minimum atomic E-state index is 0.300. The van der Waals surface area contributed by atoms with Crippen molar-refractivity contribution >= 4 is 34.3 Å². The van der Waals surface area contributed by atoms with E-state index in [4.69, 9.17) is 5.73 Å². The third-order valence-corrected chi connectivity index (χ3v) is 5.22. The summed E-state index contributed by atoms with van der Waals surface area (Å²) in [6.45, 7) is 5.01. The van der Waals surface area contributed by atoms with Crippen LogP contribution in [0.15, 0.2) is 6.20 Å². The van der Waals surface area contributed by atoms with Crippen LogP contribution in [0.25, 0.3) is 11.0 Å². The van der Waals surface area contributed by atoms with Crippen LogP contribution < -0.4 is 16.0 Å². The van der Waals surface area contributed by atoms with Crippen LogP contribution in [0.1, 0.15) is 31.0 Å². The van der Waals surface area contributed by atoms with Crippen LogP contribution in [0.2, 0.25) is 0 Å². The predicted molar refractivity (Wildman–Crippen MR) is 105 cm³/mol. The number of nitrogens with zero attached hydrogens (tertiary/aromatic N) is 7. The molecule has 1 saturated heterocycles. The van der Waals surface area contributed by atoms with Crippen molar-refractivity contribution in [3.8, 4) is 6.07 Å². The fourth-order valence-electron chi connectivity index (χ4n) is 3.92. The Morgan fingerprint density at radius 1 is 1.33 bits per heavy atom. The Balaban J connectivity index is 1.86. The number of aromatic nitrogens is 5. The van der Waals surface area contributed by atoms with E-state index in [0.717, 1.165) is 36.6 Å². The van der Waals surface area contributed by atoms with E-state index in [9.17, 15) is 5.26 Å². The van der Waals surface area contributed by atoms with Gasteiger partial charge in [-0.15, -0.1) is 0 Å². The molecule has 4 heterocycles. The molecule has 1 atom stereocenters. The maximum Gasteiger partial charge on any atom is 0.231 e. The lowest BCUT2D eigenvalue weighted by molar-refractivity contribution is 0.712. The van der Waals surface area contributed by atoms with Crippen molar-refractivity contribution in [1.29, 1.82) is 5.26 Å². The molecule has 3 aromatic rings. The fourth-order valence-corrected chi connectivity index (χ4v) is 3.92. The Kier molecular flexibility index (Phi) is 3.91. The first-order valence-electron chi connectivity index (χ1n) is 9.00. The van der Waals surface area contributed by atoms with Crippen molar-refractivity contribution < 1.29 is 0 Å². The molecule has 0 saturated carbocycles. The van der Waals surface area contributed by atoms with Gasteiger partial charge in [-0.1, -0.05) is 0 Å². The largest absolute Gasteiger partial charge is 0.383 e. The minimum absolute atomic E-state index is 0.300. The van der Waals surface area contributed by atoms with Gasteiger partial charge in [-0.25, -0.2) is 0 Å². The van der Waals surface area contributed by atoms with Crippen molar-refractivity contribution in [3.05, 3.63) is 17.5 Å². The highest BCUT2D eigenvalue weighted by molar-refractivity contribution is 5.98. The van der Waals surface area contributed by atoms with Gasteiger partial charge in [0.25, 0.3) is 0 Å². The molecule has 0 unspecified atom stereocenters. The molecule has 1 fully saturated rings. The highest BCUT2D eigenvalue weighted by Crippen LogP contribution is 2.37. The summed E-state index contributed by atoms with van der Waals surface area (Å²) in [5, 5.41) is 17.9. The molecule has 9 heteroatoms. The third-order valence-electron chi connectivity index (χ3n) is 5.22. The number of aryl methyl sites for hydroxylation is 3. The van der Waals surface area contributed by atoms with Gasteiger partial charge in [0.2, 0.25) is 5.95 Å². The summed E-state index contributed by atoms with van der Waals surface area (Å²) in [6, 6.07) is 2.70. The molecule has 1 aliphatic rings. The standard InChI is InChI=1S/C18H23N9/c1-10-6-5-7-27(10)17-12(8-19)14-15(20)22-18(23-16(14)26(17)4)21-13-9-25(3)24-11(13)2/h9-10H,5-7H2,1-4H3,(H3,20,21,22,23)/t10-/m1/s1. The number of nitrogens with one attached hydrogen (secondary N) is 1. The Morgan fingerprint density at radius 3 is 2.70 bits per heavy atom. The van der Waals surface area contributed by atoms with Gasteiger partial charge >= 0.3 is 0 Å². The molecule has 0 aliphatic carbocycles. The van der Waals surface area contributed by atoms with Crippen molar-refractivity contribution in [2.75, 3.05) is 22.5 Å². The topological polar surface area (TPSA) is 114 Å². The third kappa shape index (κ3) is 2.65. The number of rotatable bonds is 3. The molecule has 0 amide bonds. The molecule has 4 rings (SSSR count). The molecule has 27 heavy (non-hydrogen) atoms. The Labute approximate surface area is 157 Å². The van der Waals surface area contributed by atoms with Crippen LogP contribution in [-0.2, 0) is 14.1 Å². The second kappa shape index (κ2) is 6.16. The van der Waals surface area contributed by atoms with Crippen LogP contribution in [0, 0.1) is 18.3 Å². The number of anilines is 4. The van der Waals surface area contributed by atoms with Crippen LogP contribution in [0.3, 0.4) is 0 Å². The number of hydrogen-bond acceptors (Lipinski definition) is 7. The van der Waals surface area contributed by atoms with Crippen LogP contribution in [-0.4, -0.2) is 36.9 Å². The fraction of sp³-hybridized carbons (Fsp3) is 0.444. The summed E-state index contributed by atoms with van der Waals surface area (Å²) in [7, 11) is 3.78. The maximum atomic E-state index is 9.82. The lowest BCUT2D eigenvalue weighted by atomic mass is 10.2. The SMILES string of the molecule is Cc1nn(C)cc1Nc1nc(N)c2c(C#N)c(N3CCC[C@H]3C)n(C)c2n1. The monoisotopic (exact) mass is 365 g/mol. The second-order valence-electron chi connectivity index (χ2n) is 7.11. The first-order valence-corrected chi connectivity index (χ1v) is 9.00. The summed E-state index contributed by atoms with van der Waals surface area (Å²) in [5.41, 5.74) is 9.11. The zero-order valence-electron chi connectivity index (χ0n) is 16.0. The smallest absolute Gasteiger partial charge is 0.231 e. The molecule has 0 aromatic carbocycles. The predicted octanol–water partition coefficient (Wildman–Crippen LogP) is 2.20. The van der Waals surface area contributed by atoms with Gasteiger partial charge in [0.1, 0.15) is 28.9 Å². The number of fused-ring (bicyclic) bond motifs is 1. The van der Waals surface area contributed by atoms with Gasteiger partial charge < -0.3 is 20.5 Å². The molecule has 0 bridgehead atoms. The van der Waals surface area contributed by atoms with Gasteiger partial charge in [-0.3, -0.25) is 4.68 Å². The lowest BCUT2D eigenvalue weighted by Crippen LogP contribution is -2.28. The highest BCUT2D eigenvalue weighted by atomic mass is 15.3. The van der Waals surface area contributed by atoms with Gasteiger partial charge in [0.05, 0.1) is 16.8 Å². The first-order chi connectivity index (χ1) is 12.9. The molecule has 3 aromatic heterocycles. The molecule has 140 valence electrons. The van der Waals surface area contributed by atoms with Crippen molar-refractivity contribution in [3.63, 3.8) is 0 Å². The molecule has 9 nitrogen and oxygen atoms in total. The number of nitrogen functional groups attached to an aromatic ring is 1. The summed E-state index contributed by atoms with van der Waals surface area (Å²) in [4.78, 5) is 11.3. The zero-order valence-corrected chi connectivity index (χ0v) is 16.0. The van der Waals surface area contributed by atoms with Crippen LogP contribution in [0.5, 0.6) is 0 Å². The van der Waals surface area contributed by atoms with Crippen LogP contribution >= 0.6 is 0 Å². The quantitative estimate of drug-likeness (QED) is 0.731. The zero-order chi connectivity index (χ0) is 19.3. The van der Waals surface area contributed by atoms with E-state index in [2.05, 4.69) is 38.3 Å². The van der Waals surface area contributed by atoms with E-state index in [-0.39, 0.29) is 0 Å². The Bertz CT molecular complexity index is 1070. The van der Waals surface area contributed by atoms with Crippen molar-refractivity contribution in [2.24, 2.45) is 14.1 Å². The van der Waals surface area contributed by atoms with Crippen molar-refractivity contribution in [1.82, 2.24) is 24.3 Å². The lowest BCUT2D eigenvalue weighted by Gasteiger charge is -2.24. The number of hydrogen-bond donors (Lipinski definition) is 2. The molecule has 1 aliphatic heterocycles. The van der Waals surface area contributed by atoms with Gasteiger partial charge in [0.15, 0.2) is 0 Å². The normalized spacial score (nSPS) is 16.9. The Morgan fingerprint density at radius 2 is 2.11 bits per heavy atom.